The van der Waals surface area contributed by atoms with Crippen LogP contribution in [0.15, 0.2) is 39.7 Å². The first-order valence-corrected chi connectivity index (χ1v) is 9.04. The van der Waals surface area contributed by atoms with Crippen LogP contribution in [-0.2, 0) is 22.7 Å². The van der Waals surface area contributed by atoms with Crippen LogP contribution in [0.1, 0.15) is 42.0 Å². The second-order valence-electron chi connectivity index (χ2n) is 6.49. The maximum absolute atomic E-state index is 12.1. The molecule has 0 atom stereocenters. The zero-order valence-electron chi connectivity index (χ0n) is 15.9. The maximum atomic E-state index is 12.1. The van der Waals surface area contributed by atoms with Gasteiger partial charge in [-0.1, -0.05) is 5.16 Å². The first-order valence-electron chi connectivity index (χ1n) is 9.04. The molecule has 9 heteroatoms. The van der Waals surface area contributed by atoms with Crippen molar-refractivity contribution < 1.29 is 18.5 Å². The molecule has 148 valence electrons. The Morgan fingerprint density at radius 2 is 2.04 bits per heavy atom. The lowest BCUT2D eigenvalue weighted by molar-refractivity contribution is -0.121. The van der Waals surface area contributed by atoms with Crippen LogP contribution in [0.5, 0.6) is 0 Å². The molecule has 3 rings (SSSR count). The van der Waals surface area contributed by atoms with Gasteiger partial charge in [-0.2, -0.15) is 5.10 Å². The second kappa shape index (κ2) is 9.03. The number of hydrogen-bond donors (Lipinski definition) is 2. The zero-order chi connectivity index (χ0) is 19.9. The van der Waals surface area contributed by atoms with E-state index in [2.05, 4.69) is 20.9 Å². The highest BCUT2D eigenvalue weighted by molar-refractivity contribution is 5.90. The van der Waals surface area contributed by atoms with Crippen LogP contribution in [0.25, 0.3) is 0 Å². The van der Waals surface area contributed by atoms with E-state index in [4.69, 9.17) is 8.94 Å². The predicted molar refractivity (Wildman–Crippen MR) is 100 cm³/mol. The lowest BCUT2D eigenvalue weighted by atomic mass is 10.2. The molecule has 9 nitrogen and oxygen atoms in total. The number of aryl methyl sites for hydroxylation is 2. The van der Waals surface area contributed by atoms with Crippen LogP contribution in [-0.4, -0.2) is 26.8 Å². The number of amides is 2. The van der Waals surface area contributed by atoms with E-state index in [9.17, 15) is 9.59 Å². The van der Waals surface area contributed by atoms with E-state index in [0.29, 0.717) is 31.0 Å². The van der Waals surface area contributed by atoms with E-state index < -0.39 is 0 Å². The molecule has 0 spiro atoms. The fourth-order valence-electron chi connectivity index (χ4n) is 2.72. The molecule has 0 aromatic carbocycles. The van der Waals surface area contributed by atoms with Crippen molar-refractivity contribution >= 4 is 17.5 Å². The van der Waals surface area contributed by atoms with Gasteiger partial charge in [0.25, 0.3) is 0 Å². The summed E-state index contributed by atoms with van der Waals surface area (Å²) in [6, 6.07) is 3.56. The van der Waals surface area contributed by atoms with Crippen molar-refractivity contribution in [1.82, 2.24) is 20.3 Å². The third kappa shape index (κ3) is 5.32. The zero-order valence-corrected chi connectivity index (χ0v) is 15.9. The van der Waals surface area contributed by atoms with Crippen LogP contribution in [0.2, 0.25) is 0 Å². The molecule has 0 saturated carbocycles. The SMILES string of the molecule is Cc1noc(C)c1Cn1cc(NC(=O)CCCC(=O)NCc2ccco2)cn1. The highest BCUT2D eigenvalue weighted by atomic mass is 16.5. The summed E-state index contributed by atoms with van der Waals surface area (Å²) in [6.07, 6.45) is 5.89. The molecule has 0 aliphatic heterocycles. The number of nitrogens with zero attached hydrogens (tertiary/aromatic N) is 3. The predicted octanol–water partition coefficient (Wildman–Crippen LogP) is 2.55. The number of nitrogens with one attached hydrogen (secondary N) is 2. The minimum Gasteiger partial charge on any atom is -0.467 e. The molecule has 3 aromatic heterocycles. The highest BCUT2D eigenvalue weighted by Gasteiger charge is 2.11. The van der Waals surface area contributed by atoms with Crippen molar-refractivity contribution in [3.05, 3.63) is 53.6 Å². The molecule has 0 aliphatic rings. The summed E-state index contributed by atoms with van der Waals surface area (Å²) in [7, 11) is 0. The van der Waals surface area contributed by atoms with Crippen molar-refractivity contribution in [2.45, 2.75) is 46.2 Å². The third-order valence-electron chi connectivity index (χ3n) is 4.27. The lowest BCUT2D eigenvalue weighted by Gasteiger charge is -2.04. The first kappa shape index (κ1) is 19.4. The van der Waals surface area contributed by atoms with E-state index in [1.165, 1.54) is 0 Å². The molecule has 3 heterocycles. The third-order valence-corrected chi connectivity index (χ3v) is 4.27. The molecular weight excluding hydrogens is 362 g/mol. The summed E-state index contributed by atoms with van der Waals surface area (Å²) >= 11 is 0. The standard InChI is InChI=1S/C19H23N5O4/c1-13-17(14(2)28-23-13)12-24-11-15(9-21-24)22-19(26)7-3-6-18(25)20-10-16-5-4-8-27-16/h4-5,8-9,11H,3,6-7,10,12H2,1-2H3,(H,20,25)(H,22,26). The van der Waals surface area contributed by atoms with Crippen LogP contribution < -0.4 is 10.6 Å². The summed E-state index contributed by atoms with van der Waals surface area (Å²) in [5.41, 5.74) is 2.41. The van der Waals surface area contributed by atoms with Crippen molar-refractivity contribution in [3.8, 4) is 0 Å². The van der Waals surface area contributed by atoms with Crippen molar-refractivity contribution in [3.63, 3.8) is 0 Å². The lowest BCUT2D eigenvalue weighted by Crippen LogP contribution is -2.22. The average Bonchev–Trinajstić information content (AvgIpc) is 3.39. The molecule has 0 bridgehead atoms. The Kier molecular flexibility index (Phi) is 6.25. The van der Waals surface area contributed by atoms with Gasteiger partial charge in [0.15, 0.2) is 0 Å². The van der Waals surface area contributed by atoms with E-state index >= 15 is 0 Å². The van der Waals surface area contributed by atoms with Crippen molar-refractivity contribution in [2.75, 3.05) is 5.32 Å². The molecule has 0 unspecified atom stereocenters. The average molecular weight is 385 g/mol. The largest absolute Gasteiger partial charge is 0.467 e. The normalized spacial score (nSPS) is 10.8. The molecule has 0 radical (unpaired) electrons. The highest BCUT2D eigenvalue weighted by Crippen LogP contribution is 2.15. The Bertz CT molecular complexity index is 907. The van der Waals surface area contributed by atoms with Gasteiger partial charge in [0.05, 0.1) is 36.9 Å². The van der Waals surface area contributed by atoms with E-state index in [1.807, 2.05) is 13.8 Å². The van der Waals surface area contributed by atoms with Gasteiger partial charge in [0.2, 0.25) is 11.8 Å². The number of aromatic nitrogens is 3. The summed E-state index contributed by atoms with van der Waals surface area (Å²) in [6.45, 7) is 4.60. The summed E-state index contributed by atoms with van der Waals surface area (Å²) in [5.74, 6) is 1.18. The minimum absolute atomic E-state index is 0.114. The van der Waals surface area contributed by atoms with Gasteiger partial charge in [0, 0.05) is 24.6 Å². The van der Waals surface area contributed by atoms with Crippen LogP contribution in [0, 0.1) is 13.8 Å². The molecule has 2 amide bonds. The second-order valence-corrected chi connectivity index (χ2v) is 6.49. The van der Waals surface area contributed by atoms with Crippen molar-refractivity contribution in [2.24, 2.45) is 0 Å². The molecule has 0 saturated heterocycles. The Morgan fingerprint density at radius 1 is 1.21 bits per heavy atom. The number of rotatable bonds is 9. The van der Waals surface area contributed by atoms with Gasteiger partial charge >= 0.3 is 0 Å². The number of carbonyl (C=O) groups is 2. The van der Waals surface area contributed by atoms with Gasteiger partial charge in [-0.3, -0.25) is 14.3 Å². The molecule has 3 aromatic rings. The monoisotopic (exact) mass is 385 g/mol. The van der Waals surface area contributed by atoms with Gasteiger partial charge in [-0.15, -0.1) is 0 Å². The molecular formula is C19H23N5O4. The number of carbonyl (C=O) groups excluding carboxylic acids is 2. The topological polar surface area (TPSA) is 115 Å². The van der Waals surface area contributed by atoms with Crippen LogP contribution in [0.3, 0.4) is 0 Å². The molecule has 0 aliphatic carbocycles. The summed E-state index contributed by atoms with van der Waals surface area (Å²) in [5, 5.41) is 13.7. The Balaban J connectivity index is 1.38. The number of hydrogen-bond acceptors (Lipinski definition) is 6. The number of anilines is 1. The first-order chi connectivity index (χ1) is 13.5. The molecule has 2 N–H and O–H groups in total. The fraction of sp³-hybridized carbons (Fsp3) is 0.368. The maximum Gasteiger partial charge on any atom is 0.224 e. The van der Waals surface area contributed by atoms with Crippen molar-refractivity contribution in [1.29, 1.82) is 0 Å². The van der Waals surface area contributed by atoms with E-state index in [0.717, 1.165) is 17.0 Å². The van der Waals surface area contributed by atoms with Gasteiger partial charge < -0.3 is 19.6 Å². The molecule has 28 heavy (non-hydrogen) atoms. The fourth-order valence-corrected chi connectivity index (χ4v) is 2.72. The van der Waals surface area contributed by atoms with Gasteiger partial charge in [-0.05, 0) is 32.4 Å². The Labute approximate surface area is 162 Å². The van der Waals surface area contributed by atoms with Gasteiger partial charge in [-0.25, -0.2) is 0 Å². The Morgan fingerprint density at radius 3 is 2.75 bits per heavy atom. The van der Waals surface area contributed by atoms with Crippen LogP contribution >= 0.6 is 0 Å². The number of furan rings is 1. The minimum atomic E-state index is -0.157. The van der Waals surface area contributed by atoms with E-state index in [-0.39, 0.29) is 24.7 Å². The van der Waals surface area contributed by atoms with E-state index in [1.54, 1.807) is 35.5 Å². The van der Waals surface area contributed by atoms with Gasteiger partial charge in [0.1, 0.15) is 11.5 Å². The summed E-state index contributed by atoms with van der Waals surface area (Å²) < 4.78 is 12.0. The van der Waals surface area contributed by atoms with Crippen LogP contribution in [0.4, 0.5) is 5.69 Å². The quantitative estimate of drug-likeness (QED) is 0.585. The summed E-state index contributed by atoms with van der Waals surface area (Å²) in [4.78, 5) is 23.8. The smallest absolute Gasteiger partial charge is 0.224 e. The molecule has 0 fully saturated rings. The Hall–Kier alpha value is -3.36.